The first kappa shape index (κ1) is 27.9. The van der Waals surface area contributed by atoms with Gasteiger partial charge in [-0.05, 0) is 50.3 Å². The molecular weight excluding hydrogens is 490 g/mol. The third-order valence-electron chi connectivity index (χ3n) is 6.74. The number of nitrogens with one attached hydrogen (secondary N) is 2. The summed E-state index contributed by atoms with van der Waals surface area (Å²) in [5.74, 6) is -0.654. The maximum atomic E-state index is 13.9. The average molecular weight is 528 g/mol. The molecule has 1 heterocycles. The number of amides is 3. The number of nitrogens with zero attached hydrogens (tertiary/aromatic N) is 1. The SMILES string of the molecule is CC(C)(C)OC(=O)N[C@@H](CC(=O)NC(c1ccccc1)(c1ccccc1)c1ccccc1)C(=O)N1CCCC1. The fourth-order valence-electron chi connectivity index (χ4n) is 5.03. The number of hydrogen-bond acceptors (Lipinski definition) is 4. The number of alkyl carbamates (subject to hydrolysis) is 1. The van der Waals surface area contributed by atoms with Crippen LogP contribution in [-0.2, 0) is 19.9 Å². The molecule has 7 nitrogen and oxygen atoms in total. The van der Waals surface area contributed by atoms with Gasteiger partial charge in [-0.2, -0.15) is 0 Å². The predicted molar refractivity (Wildman–Crippen MR) is 151 cm³/mol. The van der Waals surface area contributed by atoms with Crippen LogP contribution in [-0.4, -0.2) is 47.5 Å². The average Bonchev–Trinajstić information content (AvgIpc) is 3.47. The smallest absolute Gasteiger partial charge is 0.408 e. The Bertz CT molecular complexity index is 1150. The zero-order valence-corrected chi connectivity index (χ0v) is 22.9. The lowest BCUT2D eigenvalue weighted by atomic mass is 9.77. The molecule has 0 radical (unpaired) electrons. The first-order valence-electron chi connectivity index (χ1n) is 13.4. The van der Waals surface area contributed by atoms with E-state index in [0.29, 0.717) is 13.1 Å². The molecule has 1 aliphatic heterocycles. The molecule has 0 aliphatic carbocycles. The van der Waals surface area contributed by atoms with Gasteiger partial charge >= 0.3 is 6.09 Å². The quantitative estimate of drug-likeness (QED) is 0.404. The highest BCUT2D eigenvalue weighted by Gasteiger charge is 2.39. The summed E-state index contributed by atoms with van der Waals surface area (Å²) in [5, 5.41) is 5.95. The summed E-state index contributed by atoms with van der Waals surface area (Å²) in [5.41, 5.74) is 0.861. The Balaban J connectivity index is 1.70. The molecule has 0 aromatic heterocycles. The van der Waals surface area contributed by atoms with Crippen LogP contribution in [0.5, 0.6) is 0 Å². The van der Waals surface area contributed by atoms with E-state index in [4.69, 9.17) is 4.74 Å². The molecule has 7 heteroatoms. The fraction of sp³-hybridized carbons (Fsp3) is 0.344. The van der Waals surface area contributed by atoms with Crippen LogP contribution in [0.2, 0.25) is 0 Å². The van der Waals surface area contributed by atoms with Gasteiger partial charge in [-0.15, -0.1) is 0 Å². The van der Waals surface area contributed by atoms with Crippen molar-refractivity contribution in [1.82, 2.24) is 15.5 Å². The summed E-state index contributed by atoms with van der Waals surface area (Å²) >= 11 is 0. The van der Waals surface area contributed by atoms with Gasteiger partial charge in [0.1, 0.15) is 17.2 Å². The van der Waals surface area contributed by atoms with Gasteiger partial charge in [0, 0.05) is 13.1 Å². The second kappa shape index (κ2) is 12.2. The van der Waals surface area contributed by atoms with Crippen molar-refractivity contribution in [3.05, 3.63) is 108 Å². The van der Waals surface area contributed by atoms with Gasteiger partial charge in [0.05, 0.1) is 6.42 Å². The summed E-state index contributed by atoms with van der Waals surface area (Å²) in [6.07, 6.45) is 0.836. The third-order valence-corrected chi connectivity index (χ3v) is 6.74. The van der Waals surface area contributed by atoms with Crippen molar-refractivity contribution in [3.63, 3.8) is 0 Å². The van der Waals surface area contributed by atoms with E-state index in [1.165, 1.54) is 0 Å². The lowest BCUT2D eigenvalue weighted by Gasteiger charge is -2.37. The largest absolute Gasteiger partial charge is 0.444 e. The molecule has 0 unspecified atom stereocenters. The maximum Gasteiger partial charge on any atom is 0.408 e. The molecule has 3 aromatic carbocycles. The minimum absolute atomic E-state index is 0.233. The minimum Gasteiger partial charge on any atom is -0.444 e. The molecule has 3 amide bonds. The molecule has 4 rings (SSSR count). The number of hydrogen-bond donors (Lipinski definition) is 2. The van der Waals surface area contributed by atoms with Crippen molar-refractivity contribution in [2.45, 2.75) is 57.2 Å². The van der Waals surface area contributed by atoms with E-state index in [-0.39, 0.29) is 18.2 Å². The van der Waals surface area contributed by atoms with Gasteiger partial charge in [-0.25, -0.2) is 4.79 Å². The van der Waals surface area contributed by atoms with Crippen LogP contribution in [0.1, 0.15) is 56.7 Å². The van der Waals surface area contributed by atoms with Gasteiger partial charge in [0.25, 0.3) is 0 Å². The van der Waals surface area contributed by atoms with E-state index in [1.54, 1.807) is 25.7 Å². The zero-order chi connectivity index (χ0) is 27.9. The minimum atomic E-state index is -1.06. The van der Waals surface area contributed by atoms with Crippen LogP contribution >= 0.6 is 0 Å². The second-order valence-corrected chi connectivity index (χ2v) is 10.8. The Labute approximate surface area is 230 Å². The number of likely N-dealkylation sites (tertiary alicyclic amines) is 1. The topological polar surface area (TPSA) is 87.7 Å². The van der Waals surface area contributed by atoms with Gasteiger partial charge < -0.3 is 20.3 Å². The Morgan fingerprint density at radius 2 is 1.21 bits per heavy atom. The summed E-state index contributed by atoms with van der Waals surface area (Å²) in [7, 11) is 0. The van der Waals surface area contributed by atoms with E-state index >= 15 is 0 Å². The third kappa shape index (κ3) is 6.85. The Kier molecular flexibility index (Phi) is 8.69. The Hall–Kier alpha value is -4.13. The number of benzene rings is 3. The molecular formula is C32H37N3O4. The van der Waals surface area contributed by atoms with Crippen molar-refractivity contribution in [1.29, 1.82) is 0 Å². The van der Waals surface area contributed by atoms with Crippen molar-refractivity contribution >= 4 is 17.9 Å². The molecule has 0 spiro atoms. The van der Waals surface area contributed by atoms with Crippen molar-refractivity contribution in [2.24, 2.45) is 0 Å². The van der Waals surface area contributed by atoms with Crippen LogP contribution in [0.4, 0.5) is 4.79 Å². The van der Waals surface area contributed by atoms with Crippen LogP contribution in [0.3, 0.4) is 0 Å². The first-order valence-corrected chi connectivity index (χ1v) is 13.4. The summed E-state index contributed by atoms with van der Waals surface area (Å²) in [4.78, 5) is 41.7. The molecule has 204 valence electrons. The van der Waals surface area contributed by atoms with Crippen LogP contribution < -0.4 is 10.6 Å². The van der Waals surface area contributed by atoms with Crippen molar-refractivity contribution in [2.75, 3.05) is 13.1 Å². The number of ether oxygens (including phenoxy) is 1. The van der Waals surface area contributed by atoms with Gasteiger partial charge in [0.2, 0.25) is 11.8 Å². The zero-order valence-electron chi connectivity index (χ0n) is 22.9. The molecule has 1 saturated heterocycles. The Morgan fingerprint density at radius 3 is 1.62 bits per heavy atom. The monoisotopic (exact) mass is 527 g/mol. The highest BCUT2D eigenvalue weighted by atomic mass is 16.6. The van der Waals surface area contributed by atoms with Gasteiger partial charge in [0.15, 0.2) is 0 Å². The van der Waals surface area contributed by atoms with Crippen LogP contribution in [0.15, 0.2) is 91.0 Å². The van der Waals surface area contributed by atoms with Crippen LogP contribution in [0.25, 0.3) is 0 Å². The normalized spacial score (nSPS) is 14.4. The van der Waals surface area contributed by atoms with E-state index < -0.39 is 23.3 Å². The van der Waals surface area contributed by atoms with Gasteiger partial charge in [-0.1, -0.05) is 91.0 Å². The highest BCUT2D eigenvalue weighted by Crippen LogP contribution is 2.37. The molecule has 1 aliphatic rings. The molecule has 39 heavy (non-hydrogen) atoms. The van der Waals surface area contributed by atoms with Crippen molar-refractivity contribution in [3.8, 4) is 0 Å². The molecule has 2 N–H and O–H groups in total. The Morgan fingerprint density at radius 1 is 0.769 bits per heavy atom. The standard InChI is InChI=1S/C32H37N3O4/c1-31(2,3)39-30(38)33-27(29(37)35-21-13-14-22-35)23-28(36)34-32(24-15-7-4-8-16-24,25-17-9-5-10-18-25)26-19-11-6-12-20-26/h4-12,15-20,27H,13-14,21-23H2,1-3H3,(H,33,38)(H,34,36)/t27-/m0/s1. The first-order chi connectivity index (χ1) is 18.7. The highest BCUT2D eigenvalue weighted by molar-refractivity contribution is 5.91. The molecule has 3 aromatic rings. The van der Waals surface area contributed by atoms with E-state index in [1.807, 2.05) is 91.0 Å². The van der Waals surface area contributed by atoms with Gasteiger partial charge in [-0.3, -0.25) is 9.59 Å². The van der Waals surface area contributed by atoms with Crippen molar-refractivity contribution < 1.29 is 19.1 Å². The van der Waals surface area contributed by atoms with E-state index in [0.717, 1.165) is 29.5 Å². The second-order valence-electron chi connectivity index (χ2n) is 10.8. The van der Waals surface area contributed by atoms with E-state index in [9.17, 15) is 14.4 Å². The predicted octanol–water partition coefficient (Wildman–Crippen LogP) is 5.00. The van der Waals surface area contributed by atoms with E-state index in [2.05, 4.69) is 10.6 Å². The van der Waals surface area contributed by atoms with Crippen LogP contribution in [0, 0.1) is 0 Å². The molecule has 0 saturated carbocycles. The number of carbonyl (C=O) groups excluding carboxylic acids is 3. The molecule has 1 atom stereocenters. The lowest BCUT2D eigenvalue weighted by Crippen LogP contribution is -2.53. The summed E-state index contributed by atoms with van der Waals surface area (Å²) in [6, 6.07) is 28.2. The summed E-state index contributed by atoms with van der Waals surface area (Å²) in [6.45, 7) is 6.48. The summed E-state index contributed by atoms with van der Waals surface area (Å²) < 4.78 is 5.42. The maximum absolute atomic E-state index is 13.9. The molecule has 0 bridgehead atoms. The number of rotatable bonds is 8. The lowest BCUT2D eigenvalue weighted by molar-refractivity contribution is -0.135. The molecule has 1 fully saturated rings. The fourth-order valence-corrected chi connectivity index (χ4v) is 5.03. The number of carbonyl (C=O) groups is 3.